The smallest absolute Gasteiger partial charge is 0.115 e. The summed E-state index contributed by atoms with van der Waals surface area (Å²) in [6, 6.07) is 10.9. The van der Waals surface area contributed by atoms with Gasteiger partial charge >= 0.3 is 0 Å². The molecule has 10 heavy (non-hydrogen) atoms. The summed E-state index contributed by atoms with van der Waals surface area (Å²) in [5, 5.41) is 0. The van der Waals surface area contributed by atoms with Gasteiger partial charge in [-0.1, -0.05) is 30.3 Å². The van der Waals surface area contributed by atoms with Gasteiger partial charge in [0.2, 0.25) is 0 Å². The van der Waals surface area contributed by atoms with E-state index in [1.807, 2.05) is 6.07 Å². The van der Waals surface area contributed by atoms with Gasteiger partial charge in [0.05, 0.1) is 0 Å². The zero-order chi connectivity index (χ0) is 7.40. The predicted molar refractivity (Wildman–Crippen MR) is 55.1 cm³/mol. The molecule has 0 amide bonds. The molecule has 0 aliphatic carbocycles. The molecule has 0 atom stereocenters. The zero-order valence-corrected chi connectivity index (χ0v) is 9.75. The molecule has 54 valence electrons. The summed E-state index contributed by atoms with van der Waals surface area (Å²) in [6.45, 7) is 0. The standard InChI is InChI=1S/C7H8Br2Si/c8-10(9)6-7-4-2-1-3-5-7/h1-5,10H,6H2. The highest BCUT2D eigenvalue weighted by molar-refractivity contribution is 9.49. The summed E-state index contributed by atoms with van der Waals surface area (Å²) in [7, 11) is 0. The number of benzene rings is 1. The first-order chi connectivity index (χ1) is 4.79. The summed E-state index contributed by atoms with van der Waals surface area (Å²) in [5.41, 5.74) is 1.41. The maximum Gasteiger partial charge on any atom is 0.190 e. The third kappa shape index (κ3) is 2.99. The molecule has 0 fully saturated rings. The fraction of sp³-hybridized carbons (Fsp3) is 0.143. The summed E-state index contributed by atoms with van der Waals surface area (Å²) < 4.78 is 0. The Balaban J connectivity index is 2.59. The number of rotatable bonds is 2. The number of hydrogen-bond acceptors (Lipinski definition) is 0. The molecule has 0 unspecified atom stereocenters. The van der Waals surface area contributed by atoms with Crippen LogP contribution in [0.1, 0.15) is 5.56 Å². The van der Waals surface area contributed by atoms with E-state index >= 15 is 0 Å². The van der Waals surface area contributed by atoms with Crippen molar-refractivity contribution in [3.8, 4) is 0 Å². The van der Waals surface area contributed by atoms with Gasteiger partial charge in [0, 0.05) is 0 Å². The Kier molecular flexibility index (Phi) is 3.66. The van der Waals surface area contributed by atoms with Gasteiger partial charge in [-0.05, 0) is 11.6 Å². The van der Waals surface area contributed by atoms with Crippen LogP contribution in [0.5, 0.6) is 0 Å². The highest BCUT2D eigenvalue weighted by Gasteiger charge is 2.00. The highest BCUT2D eigenvalue weighted by atomic mass is 79.9. The van der Waals surface area contributed by atoms with Crippen molar-refractivity contribution in [1.82, 2.24) is 0 Å². The molecular weight excluding hydrogens is 272 g/mol. The highest BCUT2D eigenvalue weighted by Crippen LogP contribution is 2.10. The van der Waals surface area contributed by atoms with Crippen LogP contribution in [0.25, 0.3) is 0 Å². The molecule has 1 rings (SSSR count). The normalized spacial score (nSPS) is 10.3. The van der Waals surface area contributed by atoms with E-state index in [4.69, 9.17) is 0 Å². The van der Waals surface area contributed by atoms with Gasteiger partial charge in [-0.2, -0.15) is 0 Å². The van der Waals surface area contributed by atoms with E-state index in [2.05, 4.69) is 54.9 Å². The number of hydrogen-bond donors (Lipinski definition) is 0. The lowest BCUT2D eigenvalue weighted by Gasteiger charge is -1.98. The molecule has 1 aromatic rings. The maximum absolute atomic E-state index is 3.57. The van der Waals surface area contributed by atoms with Crippen molar-refractivity contribution in [2.75, 3.05) is 0 Å². The topological polar surface area (TPSA) is 0 Å². The van der Waals surface area contributed by atoms with Gasteiger partial charge in [0.15, 0.2) is 6.04 Å². The van der Waals surface area contributed by atoms with Crippen molar-refractivity contribution in [2.45, 2.75) is 6.04 Å². The Bertz CT molecular complexity index is 186. The predicted octanol–water partition coefficient (Wildman–Crippen LogP) is 2.78. The second kappa shape index (κ2) is 4.31. The molecule has 0 nitrogen and oxygen atoms in total. The van der Waals surface area contributed by atoms with Crippen LogP contribution in [0, 0.1) is 0 Å². The Morgan fingerprint density at radius 2 is 1.70 bits per heavy atom. The first kappa shape index (κ1) is 8.49. The van der Waals surface area contributed by atoms with E-state index in [-0.39, 0.29) is 0 Å². The van der Waals surface area contributed by atoms with Crippen LogP contribution in [0.15, 0.2) is 30.3 Å². The first-order valence-electron chi connectivity index (χ1n) is 3.11. The lowest BCUT2D eigenvalue weighted by Crippen LogP contribution is -1.96. The van der Waals surface area contributed by atoms with Crippen molar-refractivity contribution in [1.29, 1.82) is 0 Å². The van der Waals surface area contributed by atoms with Crippen LogP contribution in [-0.4, -0.2) is 6.04 Å². The van der Waals surface area contributed by atoms with E-state index in [9.17, 15) is 0 Å². The van der Waals surface area contributed by atoms with Gasteiger partial charge in [0.25, 0.3) is 0 Å². The molecule has 3 heteroatoms. The van der Waals surface area contributed by atoms with Crippen LogP contribution in [-0.2, 0) is 6.04 Å². The van der Waals surface area contributed by atoms with Gasteiger partial charge in [0.1, 0.15) is 0 Å². The third-order valence-corrected chi connectivity index (χ3v) is 3.96. The Labute approximate surface area is 78.4 Å². The third-order valence-electron chi connectivity index (χ3n) is 1.23. The van der Waals surface area contributed by atoms with Crippen molar-refractivity contribution in [3.05, 3.63) is 35.9 Å². The van der Waals surface area contributed by atoms with E-state index in [0.717, 1.165) is 0 Å². The fourth-order valence-corrected chi connectivity index (χ4v) is 3.66. The minimum absolute atomic E-state index is 0.772. The minimum atomic E-state index is -0.772. The molecule has 0 radical (unpaired) electrons. The van der Waals surface area contributed by atoms with Gasteiger partial charge in [-0.3, -0.25) is 0 Å². The molecule has 0 N–H and O–H groups in total. The Hall–Kier alpha value is 0.397. The second-order valence-corrected chi connectivity index (χ2v) is 13.6. The summed E-state index contributed by atoms with van der Waals surface area (Å²) >= 11 is 7.13. The maximum atomic E-state index is 3.57. The lowest BCUT2D eigenvalue weighted by molar-refractivity contribution is 1.40. The van der Waals surface area contributed by atoms with E-state index in [0.29, 0.717) is 0 Å². The molecule has 0 aliphatic heterocycles. The van der Waals surface area contributed by atoms with Gasteiger partial charge in [-0.15, -0.1) is 30.6 Å². The molecule has 0 bridgehead atoms. The molecule has 1 aromatic carbocycles. The van der Waals surface area contributed by atoms with Crippen LogP contribution in [0.4, 0.5) is 0 Å². The van der Waals surface area contributed by atoms with Crippen LogP contribution in [0.2, 0.25) is 0 Å². The molecule has 0 saturated heterocycles. The number of halogens is 2. The van der Waals surface area contributed by atoms with Gasteiger partial charge in [-0.25, -0.2) is 0 Å². The second-order valence-electron chi connectivity index (χ2n) is 2.08. The van der Waals surface area contributed by atoms with E-state index in [1.54, 1.807) is 0 Å². The molecule has 0 heterocycles. The van der Waals surface area contributed by atoms with E-state index < -0.39 is 6.04 Å². The Morgan fingerprint density at radius 3 is 2.20 bits per heavy atom. The van der Waals surface area contributed by atoms with Crippen LogP contribution in [0.3, 0.4) is 0 Å². The minimum Gasteiger partial charge on any atom is -0.115 e. The van der Waals surface area contributed by atoms with Crippen molar-refractivity contribution in [3.63, 3.8) is 0 Å². The first-order valence-corrected chi connectivity index (χ1v) is 10.3. The average Bonchev–Trinajstić information content (AvgIpc) is 1.88. The van der Waals surface area contributed by atoms with Crippen molar-refractivity contribution in [2.24, 2.45) is 0 Å². The van der Waals surface area contributed by atoms with Crippen molar-refractivity contribution < 1.29 is 0 Å². The van der Waals surface area contributed by atoms with Crippen LogP contribution < -0.4 is 0 Å². The lowest BCUT2D eigenvalue weighted by atomic mass is 10.2. The van der Waals surface area contributed by atoms with Crippen LogP contribution >= 0.6 is 30.6 Å². The molecule has 0 saturated carbocycles. The molecule has 0 spiro atoms. The monoisotopic (exact) mass is 278 g/mol. The Morgan fingerprint density at radius 1 is 1.10 bits per heavy atom. The molecular formula is C7H8Br2Si. The quantitative estimate of drug-likeness (QED) is 0.577. The van der Waals surface area contributed by atoms with Gasteiger partial charge < -0.3 is 0 Å². The van der Waals surface area contributed by atoms with E-state index in [1.165, 1.54) is 11.6 Å². The summed E-state index contributed by atoms with van der Waals surface area (Å²) in [6.07, 6.45) is 0. The van der Waals surface area contributed by atoms with Crippen molar-refractivity contribution >= 4 is 36.6 Å². The molecule has 0 aliphatic rings. The largest absolute Gasteiger partial charge is 0.190 e. The summed E-state index contributed by atoms with van der Waals surface area (Å²) in [5.74, 6) is 0. The molecule has 0 aromatic heterocycles. The fourth-order valence-electron chi connectivity index (χ4n) is 0.792. The zero-order valence-electron chi connectivity index (χ0n) is 5.43. The summed E-state index contributed by atoms with van der Waals surface area (Å²) in [4.78, 5) is 0. The average molecular weight is 280 g/mol. The SMILES string of the molecule is Br[SiH](Br)Cc1ccccc1.